The fourth-order valence-electron chi connectivity index (χ4n) is 3.83. The zero-order chi connectivity index (χ0) is 20.9. The molecule has 0 aromatic heterocycles. The van der Waals surface area contributed by atoms with E-state index in [9.17, 15) is 4.21 Å². The first kappa shape index (κ1) is 21.4. The van der Waals surface area contributed by atoms with Crippen molar-refractivity contribution >= 4 is 9.73 Å². The van der Waals surface area contributed by atoms with Crippen LogP contribution >= 0.6 is 0 Å². The molecule has 3 atom stereocenters. The minimum Gasteiger partial charge on any atom is -0.493 e. The highest BCUT2D eigenvalue weighted by Gasteiger charge is 2.29. The molecule has 0 saturated carbocycles. The number of benzene rings is 2. The molecule has 0 amide bonds. The van der Waals surface area contributed by atoms with E-state index in [-0.39, 0.29) is 0 Å². The normalized spacial score (nSPS) is 21.3. The number of hydrogen-bond donors (Lipinski definition) is 0. The third-order valence-electron chi connectivity index (χ3n) is 5.63. The molecule has 154 valence electrons. The van der Waals surface area contributed by atoms with E-state index in [4.69, 9.17) is 10.00 Å². The van der Waals surface area contributed by atoms with Gasteiger partial charge in [0.1, 0.15) is 5.75 Å². The van der Waals surface area contributed by atoms with Crippen LogP contribution in [0.2, 0.25) is 0 Å². The minimum absolute atomic E-state index is 0.496. The number of nitrogens with zero attached hydrogens (tertiary/aromatic N) is 3. The van der Waals surface area contributed by atoms with Crippen LogP contribution in [0.4, 0.5) is 0 Å². The van der Waals surface area contributed by atoms with Crippen LogP contribution in [-0.4, -0.2) is 48.2 Å². The fourth-order valence-corrected chi connectivity index (χ4v) is 4.68. The van der Waals surface area contributed by atoms with Gasteiger partial charge in [-0.25, -0.2) is 8.57 Å². The zero-order valence-corrected chi connectivity index (χ0v) is 18.2. The van der Waals surface area contributed by atoms with Gasteiger partial charge in [0.15, 0.2) is 0 Å². The molecule has 2 aromatic carbocycles. The molecule has 3 rings (SSSR count). The third-order valence-corrected chi connectivity index (χ3v) is 7.47. The third kappa shape index (κ3) is 5.59. The van der Waals surface area contributed by atoms with Crippen LogP contribution in [0.1, 0.15) is 24.5 Å². The highest BCUT2D eigenvalue weighted by Crippen LogP contribution is 2.25. The van der Waals surface area contributed by atoms with Gasteiger partial charge in [0.05, 0.1) is 28.0 Å². The van der Waals surface area contributed by atoms with Gasteiger partial charge in [-0.3, -0.25) is 4.90 Å². The standard InChI is InChI=1S/C23H29N3O2S/c1-18-13-21(16-26(18)12-11-19-5-4-6-20(14-19)15-24)17-28-22-7-9-23(10-8-22)29(3,27)25-2/h4-10,14,18,21H,11-13,16-17H2,1-3H3/t18-,21+,29?/m1/s1. The van der Waals surface area contributed by atoms with Crippen LogP contribution in [0.5, 0.6) is 5.75 Å². The van der Waals surface area contributed by atoms with Crippen LogP contribution in [0.25, 0.3) is 0 Å². The molecule has 5 nitrogen and oxygen atoms in total. The van der Waals surface area contributed by atoms with Crippen LogP contribution in [0, 0.1) is 17.2 Å². The van der Waals surface area contributed by atoms with E-state index in [1.165, 1.54) is 5.56 Å². The summed E-state index contributed by atoms with van der Waals surface area (Å²) in [7, 11) is -0.716. The van der Waals surface area contributed by atoms with E-state index in [0.717, 1.165) is 42.1 Å². The molecule has 1 heterocycles. The molecule has 6 heteroatoms. The summed E-state index contributed by atoms with van der Waals surface area (Å²) in [6, 6.07) is 18.0. The maximum absolute atomic E-state index is 12.3. The number of likely N-dealkylation sites (tertiary alicyclic amines) is 1. The van der Waals surface area contributed by atoms with Crippen LogP contribution in [-0.2, 0) is 16.1 Å². The lowest BCUT2D eigenvalue weighted by Crippen LogP contribution is -2.29. The molecule has 0 spiro atoms. The summed E-state index contributed by atoms with van der Waals surface area (Å²) in [6.07, 6.45) is 3.72. The molecule has 0 radical (unpaired) electrons. The van der Waals surface area contributed by atoms with Gasteiger partial charge >= 0.3 is 0 Å². The van der Waals surface area contributed by atoms with E-state index in [2.05, 4.69) is 28.3 Å². The van der Waals surface area contributed by atoms with Gasteiger partial charge in [-0.05, 0) is 61.7 Å². The van der Waals surface area contributed by atoms with Gasteiger partial charge in [-0.2, -0.15) is 5.26 Å². The molecule has 1 aliphatic heterocycles. The fraction of sp³-hybridized carbons (Fsp3) is 0.435. The molecule has 1 unspecified atom stereocenters. The van der Waals surface area contributed by atoms with Crippen LogP contribution < -0.4 is 4.74 Å². The van der Waals surface area contributed by atoms with Gasteiger partial charge in [0.25, 0.3) is 0 Å². The van der Waals surface area contributed by atoms with E-state index in [1.54, 1.807) is 13.3 Å². The number of nitriles is 1. The lowest BCUT2D eigenvalue weighted by molar-refractivity contribution is 0.234. The molecule has 0 N–H and O–H groups in total. The maximum atomic E-state index is 12.3. The largest absolute Gasteiger partial charge is 0.493 e. The number of rotatable bonds is 7. The molecule has 1 saturated heterocycles. The van der Waals surface area contributed by atoms with Crippen LogP contribution in [0.15, 0.2) is 57.8 Å². The van der Waals surface area contributed by atoms with Crippen LogP contribution in [0.3, 0.4) is 0 Å². The summed E-state index contributed by atoms with van der Waals surface area (Å²) < 4.78 is 22.2. The first-order valence-corrected chi connectivity index (χ1v) is 11.9. The average Bonchev–Trinajstić information content (AvgIpc) is 3.10. The summed E-state index contributed by atoms with van der Waals surface area (Å²) in [6.45, 7) is 4.97. The summed E-state index contributed by atoms with van der Waals surface area (Å²) in [5.74, 6) is 1.30. The summed E-state index contributed by atoms with van der Waals surface area (Å²) in [4.78, 5) is 3.24. The van der Waals surface area contributed by atoms with Crippen molar-refractivity contribution < 1.29 is 8.95 Å². The Bertz CT molecular complexity index is 988. The lowest BCUT2D eigenvalue weighted by atomic mass is 10.1. The monoisotopic (exact) mass is 411 g/mol. The Balaban J connectivity index is 1.49. The van der Waals surface area contributed by atoms with Crippen molar-refractivity contribution in [3.63, 3.8) is 0 Å². The Morgan fingerprint density at radius 2 is 2.03 bits per heavy atom. The molecular formula is C23H29N3O2S. The van der Waals surface area contributed by atoms with Crippen molar-refractivity contribution in [1.82, 2.24) is 4.90 Å². The highest BCUT2D eigenvalue weighted by atomic mass is 32.2. The van der Waals surface area contributed by atoms with Gasteiger partial charge in [0, 0.05) is 43.2 Å². The second-order valence-corrected chi connectivity index (χ2v) is 10.2. The Kier molecular flexibility index (Phi) is 6.94. The Morgan fingerprint density at radius 1 is 1.28 bits per heavy atom. The molecule has 29 heavy (non-hydrogen) atoms. The number of ether oxygens (including phenoxy) is 1. The first-order chi connectivity index (χ1) is 13.9. The highest BCUT2D eigenvalue weighted by molar-refractivity contribution is 7.93. The molecule has 1 fully saturated rings. The molecule has 1 aliphatic rings. The topological polar surface area (TPSA) is 65.7 Å². The van der Waals surface area contributed by atoms with E-state index in [0.29, 0.717) is 18.6 Å². The van der Waals surface area contributed by atoms with Gasteiger partial charge in [-0.1, -0.05) is 12.1 Å². The minimum atomic E-state index is -2.30. The molecule has 0 aliphatic carbocycles. The quantitative estimate of drug-likeness (QED) is 0.691. The van der Waals surface area contributed by atoms with Crippen molar-refractivity contribution in [2.45, 2.75) is 30.7 Å². The Labute approximate surface area is 174 Å². The second kappa shape index (κ2) is 9.43. The van der Waals surface area contributed by atoms with Gasteiger partial charge in [-0.15, -0.1) is 0 Å². The predicted molar refractivity (Wildman–Crippen MR) is 117 cm³/mol. The van der Waals surface area contributed by atoms with Crippen molar-refractivity contribution in [3.05, 3.63) is 59.7 Å². The van der Waals surface area contributed by atoms with Gasteiger partial charge < -0.3 is 4.74 Å². The van der Waals surface area contributed by atoms with Crippen molar-refractivity contribution in [3.8, 4) is 11.8 Å². The summed E-state index contributed by atoms with van der Waals surface area (Å²) in [5.41, 5.74) is 1.93. The summed E-state index contributed by atoms with van der Waals surface area (Å²) >= 11 is 0. The zero-order valence-electron chi connectivity index (χ0n) is 17.4. The van der Waals surface area contributed by atoms with E-state index < -0.39 is 9.73 Å². The van der Waals surface area contributed by atoms with E-state index in [1.807, 2.05) is 42.5 Å². The average molecular weight is 412 g/mol. The van der Waals surface area contributed by atoms with Crippen molar-refractivity contribution in [2.24, 2.45) is 10.3 Å². The Hall–Kier alpha value is -2.36. The second-order valence-electron chi connectivity index (χ2n) is 7.78. The van der Waals surface area contributed by atoms with Gasteiger partial charge in [0.2, 0.25) is 0 Å². The molecule has 2 aromatic rings. The smallest absolute Gasteiger partial charge is 0.119 e. The maximum Gasteiger partial charge on any atom is 0.119 e. The Morgan fingerprint density at radius 3 is 2.72 bits per heavy atom. The molecular weight excluding hydrogens is 382 g/mol. The molecule has 0 bridgehead atoms. The van der Waals surface area contributed by atoms with E-state index >= 15 is 0 Å². The predicted octanol–water partition coefficient (Wildman–Crippen LogP) is 3.98. The SMILES string of the molecule is CN=S(C)(=O)c1ccc(OC[C@H]2C[C@@H](C)N(CCc3cccc(C#N)c3)C2)cc1. The van der Waals surface area contributed by atoms with Crippen molar-refractivity contribution in [2.75, 3.05) is 33.0 Å². The number of hydrogen-bond acceptors (Lipinski definition) is 5. The summed E-state index contributed by atoms with van der Waals surface area (Å²) in [5, 5.41) is 9.05. The first-order valence-electron chi connectivity index (χ1n) is 9.97. The lowest BCUT2D eigenvalue weighted by Gasteiger charge is -2.21. The van der Waals surface area contributed by atoms with Crippen molar-refractivity contribution in [1.29, 1.82) is 5.26 Å².